The van der Waals surface area contributed by atoms with Crippen molar-refractivity contribution < 1.29 is 9.59 Å². The van der Waals surface area contributed by atoms with Crippen LogP contribution in [0.1, 0.15) is 11.1 Å². The molecule has 0 aliphatic heterocycles. The second-order valence-electron chi connectivity index (χ2n) is 7.36. The molecule has 4 rings (SSSR count). The number of rotatable bonds is 8. The lowest BCUT2D eigenvalue weighted by atomic mass is 10.2. The summed E-state index contributed by atoms with van der Waals surface area (Å²) in [5, 5.41) is 14.8. The largest absolute Gasteiger partial charge is 0.334 e. The highest BCUT2D eigenvalue weighted by Gasteiger charge is 2.18. The second kappa shape index (κ2) is 11.5. The van der Waals surface area contributed by atoms with Gasteiger partial charge in [-0.05, 0) is 23.3 Å². The van der Waals surface area contributed by atoms with E-state index in [1.807, 2.05) is 83.4 Å². The highest BCUT2D eigenvalue weighted by molar-refractivity contribution is 7.99. The van der Waals surface area contributed by atoms with Gasteiger partial charge in [-0.3, -0.25) is 14.7 Å². The molecule has 0 atom stereocenters. The van der Waals surface area contributed by atoms with E-state index in [1.54, 1.807) is 6.07 Å². The predicted molar refractivity (Wildman–Crippen MR) is 134 cm³/mol. The maximum absolute atomic E-state index is 12.4. The summed E-state index contributed by atoms with van der Waals surface area (Å²) in [6.45, 7) is 0.843. The monoisotopic (exact) mass is 491 g/mol. The van der Waals surface area contributed by atoms with Crippen LogP contribution in [0, 0.1) is 0 Å². The fourth-order valence-corrected chi connectivity index (χ4v) is 4.22. The van der Waals surface area contributed by atoms with Crippen LogP contribution in [-0.2, 0) is 17.9 Å². The predicted octanol–water partition coefficient (Wildman–Crippen LogP) is 4.76. The Morgan fingerprint density at radius 1 is 0.853 bits per heavy atom. The zero-order valence-corrected chi connectivity index (χ0v) is 19.7. The van der Waals surface area contributed by atoms with E-state index >= 15 is 0 Å². The molecule has 0 aliphatic carbocycles. The molecule has 0 radical (unpaired) electrons. The van der Waals surface area contributed by atoms with E-state index in [0.29, 0.717) is 29.1 Å². The highest BCUT2D eigenvalue weighted by atomic mass is 35.5. The molecule has 7 nitrogen and oxygen atoms in total. The fourth-order valence-electron chi connectivity index (χ4n) is 3.26. The summed E-state index contributed by atoms with van der Waals surface area (Å²) >= 11 is 7.61. The molecule has 3 aromatic carbocycles. The number of benzene rings is 3. The number of thioether (sulfide) groups is 1. The number of aromatic nitrogens is 3. The number of nitrogens with zero attached hydrogens (tertiary/aromatic N) is 3. The lowest BCUT2D eigenvalue weighted by Gasteiger charge is -2.11. The molecule has 9 heteroatoms. The summed E-state index contributed by atoms with van der Waals surface area (Å²) in [6.07, 6.45) is 0. The summed E-state index contributed by atoms with van der Waals surface area (Å²) in [6, 6.07) is 26.2. The van der Waals surface area contributed by atoms with Crippen LogP contribution >= 0.6 is 23.4 Å². The molecule has 1 aromatic heterocycles. The molecule has 172 valence electrons. The third-order valence-electron chi connectivity index (χ3n) is 4.90. The van der Waals surface area contributed by atoms with Gasteiger partial charge in [-0.1, -0.05) is 96.2 Å². The van der Waals surface area contributed by atoms with Crippen LogP contribution in [0.5, 0.6) is 0 Å². The summed E-state index contributed by atoms with van der Waals surface area (Å²) in [7, 11) is 0. The van der Waals surface area contributed by atoms with Crippen molar-refractivity contribution >= 4 is 35.3 Å². The molecule has 0 fully saturated rings. The van der Waals surface area contributed by atoms with Crippen molar-refractivity contribution in [2.45, 2.75) is 18.2 Å². The molecule has 0 unspecified atom stereocenters. The summed E-state index contributed by atoms with van der Waals surface area (Å²) < 4.78 is 1.92. The van der Waals surface area contributed by atoms with Gasteiger partial charge in [0.05, 0.1) is 17.3 Å². The van der Waals surface area contributed by atoms with Crippen molar-refractivity contribution in [3.05, 3.63) is 101 Å². The Balaban J connectivity index is 1.43. The van der Waals surface area contributed by atoms with E-state index < -0.39 is 11.9 Å². The van der Waals surface area contributed by atoms with E-state index in [-0.39, 0.29) is 5.75 Å². The average Bonchev–Trinajstić information content (AvgIpc) is 3.25. The Morgan fingerprint density at radius 2 is 1.50 bits per heavy atom. The average molecular weight is 492 g/mol. The van der Waals surface area contributed by atoms with Crippen LogP contribution in [0.15, 0.2) is 90.1 Å². The minimum Gasteiger partial charge on any atom is -0.334 e. The number of carbonyl (C=O) groups excluding carboxylic acids is 2. The topological polar surface area (TPSA) is 88.9 Å². The van der Waals surface area contributed by atoms with Gasteiger partial charge in [0.2, 0.25) is 5.91 Å². The Bertz CT molecular complexity index is 1260. The summed E-state index contributed by atoms with van der Waals surface area (Å²) in [5.41, 5.74) is 2.76. The van der Waals surface area contributed by atoms with Crippen molar-refractivity contribution in [2.75, 3.05) is 5.75 Å². The number of amides is 3. The van der Waals surface area contributed by atoms with Crippen LogP contribution < -0.4 is 10.6 Å². The maximum atomic E-state index is 12.4. The zero-order valence-electron chi connectivity index (χ0n) is 18.1. The molecule has 0 saturated carbocycles. The fraction of sp³-hybridized carbons (Fsp3) is 0.120. The molecule has 34 heavy (non-hydrogen) atoms. The van der Waals surface area contributed by atoms with Gasteiger partial charge in [-0.15, -0.1) is 10.2 Å². The van der Waals surface area contributed by atoms with Crippen molar-refractivity contribution in [3.8, 4) is 11.4 Å². The number of urea groups is 1. The van der Waals surface area contributed by atoms with E-state index in [2.05, 4.69) is 20.8 Å². The molecule has 0 aliphatic rings. The molecular weight excluding hydrogens is 470 g/mol. The molecule has 2 N–H and O–H groups in total. The number of halogens is 1. The lowest BCUT2D eigenvalue weighted by Crippen LogP contribution is -2.40. The van der Waals surface area contributed by atoms with Crippen LogP contribution in [0.4, 0.5) is 4.79 Å². The Kier molecular flexibility index (Phi) is 7.95. The second-order valence-corrected chi connectivity index (χ2v) is 8.71. The first-order valence-corrected chi connectivity index (χ1v) is 11.9. The van der Waals surface area contributed by atoms with Gasteiger partial charge >= 0.3 is 6.03 Å². The Morgan fingerprint density at radius 3 is 2.21 bits per heavy atom. The lowest BCUT2D eigenvalue weighted by molar-refractivity contribution is -0.117. The van der Waals surface area contributed by atoms with Crippen LogP contribution in [0.25, 0.3) is 11.4 Å². The molecule has 3 amide bonds. The number of imide groups is 1. The van der Waals surface area contributed by atoms with Crippen molar-refractivity contribution in [1.82, 2.24) is 25.4 Å². The van der Waals surface area contributed by atoms with Crippen LogP contribution in [0.2, 0.25) is 5.02 Å². The normalized spacial score (nSPS) is 10.6. The van der Waals surface area contributed by atoms with Gasteiger partial charge in [-0.2, -0.15) is 0 Å². The van der Waals surface area contributed by atoms with E-state index in [9.17, 15) is 9.59 Å². The maximum Gasteiger partial charge on any atom is 0.321 e. The van der Waals surface area contributed by atoms with Gasteiger partial charge in [-0.25, -0.2) is 4.79 Å². The standard InChI is InChI=1S/C25H22ClN5O2S/c26-21-14-8-7-13-20(21)23-29-30-25(31(23)16-19-11-5-2-6-12-19)34-17-22(32)28-24(33)27-15-18-9-3-1-4-10-18/h1-14H,15-17H2,(H2,27,28,32,33). The van der Waals surface area contributed by atoms with Crippen LogP contribution in [-0.4, -0.2) is 32.5 Å². The molecule has 0 bridgehead atoms. The first kappa shape index (κ1) is 23.5. The van der Waals surface area contributed by atoms with E-state index in [1.165, 1.54) is 11.8 Å². The van der Waals surface area contributed by atoms with Gasteiger partial charge in [0.25, 0.3) is 0 Å². The summed E-state index contributed by atoms with van der Waals surface area (Å²) in [4.78, 5) is 24.4. The zero-order chi connectivity index (χ0) is 23.8. The van der Waals surface area contributed by atoms with Gasteiger partial charge in [0.1, 0.15) is 0 Å². The smallest absolute Gasteiger partial charge is 0.321 e. The van der Waals surface area contributed by atoms with Crippen molar-refractivity contribution in [2.24, 2.45) is 0 Å². The van der Waals surface area contributed by atoms with Gasteiger partial charge in [0, 0.05) is 12.1 Å². The quantitative estimate of drug-likeness (QED) is 0.347. The van der Waals surface area contributed by atoms with E-state index in [4.69, 9.17) is 11.6 Å². The van der Waals surface area contributed by atoms with E-state index in [0.717, 1.165) is 16.7 Å². The number of hydrogen-bond acceptors (Lipinski definition) is 5. The van der Waals surface area contributed by atoms with Gasteiger partial charge < -0.3 is 5.32 Å². The van der Waals surface area contributed by atoms with Gasteiger partial charge in [0.15, 0.2) is 11.0 Å². The molecule has 0 saturated heterocycles. The SMILES string of the molecule is O=C(CSc1nnc(-c2ccccc2Cl)n1Cc1ccccc1)NC(=O)NCc1ccccc1. The van der Waals surface area contributed by atoms with Crippen molar-refractivity contribution in [1.29, 1.82) is 0 Å². The summed E-state index contributed by atoms with van der Waals surface area (Å²) in [5.74, 6) is 0.191. The molecule has 4 aromatic rings. The minimum absolute atomic E-state index is 0.00814. The molecular formula is C25H22ClN5O2S. The Hall–Kier alpha value is -3.62. The van der Waals surface area contributed by atoms with Crippen molar-refractivity contribution in [3.63, 3.8) is 0 Å². The first-order valence-electron chi connectivity index (χ1n) is 10.6. The number of hydrogen-bond donors (Lipinski definition) is 2. The molecule has 0 spiro atoms. The first-order chi connectivity index (χ1) is 16.6. The number of carbonyl (C=O) groups is 2. The van der Waals surface area contributed by atoms with Crippen LogP contribution in [0.3, 0.4) is 0 Å². The third-order valence-corrected chi connectivity index (χ3v) is 6.19. The minimum atomic E-state index is -0.544. The number of nitrogens with one attached hydrogen (secondary N) is 2. The molecule has 1 heterocycles. The highest BCUT2D eigenvalue weighted by Crippen LogP contribution is 2.29. The third kappa shape index (κ3) is 6.24. The Labute approximate surface area is 206 Å².